The summed E-state index contributed by atoms with van der Waals surface area (Å²) >= 11 is 0. The van der Waals surface area contributed by atoms with Crippen molar-refractivity contribution in [2.45, 2.75) is 44.5 Å². The highest BCUT2D eigenvalue weighted by molar-refractivity contribution is 5.92. The normalized spacial score (nSPS) is 19.4. The summed E-state index contributed by atoms with van der Waals surface area (Å²) in [7, 11) is 3.19. The highest BCUT2D eigenvalue weighted by Crippen LogP contribution is 2.33. The number of nitrogens with one attached hydrogen (secondary N) is 1. The van der Waals surface area contributed by atoms with Crippen molar-refractivity contribution < 1.29 is 19.4 Å². The van der Waals surface area contributed by atoms with Gasteiger partial charge in [0.2, 0.25) is 0 Å². The van der Waals surface area contributed by atoms with Crippen molar-refractivity contribution in [1.82, 2.24) is 9.80 Å². The first kappa shape index (κ1) is 21.5. The molecule has 31 heavy (non-hydrogen) atoms. The lowest BCUT2D eigenvalue weighted by Gasteiger charge is -2.43. The number of anilines is 1. The van der Waals surface area contributed by atoms with Gasteiger partial charge in [-0.1, -0.05) is 24.3 Å². The van der Waals surface area contributed by atoms with Crippen LogP contribution >= 0.6 is 0 Å². The van der Waals surface area contributed by atoms with Crippen molar-refractivity contribution in [3.63, 3.8) is 0 Å². The van der Waals surface area contributed by atoms with Crippen molar-refractivity contribution in [2.75, 3.05) is 32.6 Å². The molecule has 2 aromatic rings. The standard InChI is InChI=1S/C24H31N3O4/c1-16(23(28)17-8-9-21(30-2)22(14-17)31-3)26-12-10-19(11-13-26)27-15-18-6-4-5-7-20(18)25-24(27)29/h4-9,14,16,19,23,28H,10-13,15H2,1-3H3,(H,25,29)/t16-,23+/m1/s1. The van der Waals surface area contributed by atoms with E-state index in [1.54, 1.807) is 14.2 Å². The van der Waals surface area contributed by atoms with Crippen molar-refractivity contribution in [1.29, 1.82) is 0 Å². The van der Waals surface area contributed by atoms with E-state index in [2.05, 4.69) is 16.3 Å². The third-order valence-electron chi connectivity index (χ3n) is 6.58. The Bertz CT molecular complexity index is 927. The fourth-order valence-electron chi connectivity index (χ4n) is 4.64. The van der Waals surface area contributed by atoms with Crippen molar-refractivity contribution in [3.05, 3.63) is 53.6 Å². The van der Waals surface area contributed by atoms with Crippen LogP contribution in [0.1, 0.15) is 37.0 Å². The number of carbonyl (C=O) groups is 1. The average Bonchev–Trinajstić information content (AvgIpc) is 2.82. The number of aliphatic hydroxyl groups is 1. The lowest BCUT2D eigenvalue weighted by molar-refractivity contribution is 0.0299. The van der Waals surface area contributed by atoms with Gasteiger partial charge in [0.15, 0.2) is 11.5 Å². The van der Waals surface area contributed by atoms with E-state index in [1.807, 2.05) is 48.2 Å². The number of methoxy groups -OCH3 is 2. The number of rotatable bonds is 6. The second kappa shape index (κ2) is 9.16. The summed E-state index contributed by atoms with van der Waals surface area (Å²) < 4.78 is 10.7. The Morgan fingerprint density at radius 1 is 1.06 bits per heavy atom. The highest BCUT2D eigenvalue weighted by Gasteiger charge is 2.34. The van der Waals surface area contributed by atoms with Gasteiger partial charge in [0.05, 0.1) is 20.3 Å². The average molecular weight is 426 g/mol. The van der Waals surface area contributed by atoms with E-state index in [9.17, 15) is 9.90 Å². The Kier molecular flexibility index (Phi) is 6.34. The van der Waals surface area contributed by atoms with Crippen LogP contribution in [0.5, 0.6) is 11.5 Å². The molecule has 1 saturated heterocycles. The van der Waals surface area contributed by atoms with Crippen LogP contribution in [0.3, 0.4) is 0 Å². The minimum absolute atomic E-state index is 0.0180. The summed E-state index contributed by atoms with van der Waals surface area (Å²) in [4.78, 5) is 16.9. The summed E-state index contributed by atoms with van der Waals surface area (Å²) in [6.45, 7) is 4.37. The third kappa shape index (κ3) is 4.34. The SMILES string of the molecule is COc1ccc([C@@H](O)[C@@H](C)N2CCC(N3Cc4ccccc4NC3=O)CC2)cc1OC. The molecule has 4 rings (SSSR count). The molecule has 2 aromatic carbocycles. The third-order valence-corrected chi connectivity index (χ3v) is 6.58. The number of urea groups is 1. The van der Waals surface area contributed by atoms with Gasteiger partial charge in [0.25, 0.3) is 0 Å². The van der Waals surface area contributed by atoms with Gasteiger partial charge in [-0.05, 0) is 49.1 Å². The molecular weight excluding hydrogens is 394 g/mol. The molecule has 2 atom stereocenters. The van der Waals surface area contributed by atoms with Gasteiger partial charge in [-0.2, -0.15) is 0 Å². The molecule has 0 aliphatic carbocycles. The maximum Gasteiger partial charge on any atom is 0.322 e. The number of piperidine rings is 1. The Labute approximate surface area is 183 Å². The van der Waals surface area contributed by atoms with E-state index in [-0.39, 0.29) is 18.1 Å². The van der Waals surface area contributed by atoms with E-state index >= 15 is 0 Å². The van der Waals surface area contributed by atoms with E-state index in [0.29, 0.717) is 18.0 Å². The number of hydrogen-bond acceptors (Lipinski definition) is 5. The summed E-state index contributed by atoms with van der Waals surface area (Å²) in [5, 5.41) is 14.0. The molecule has 166 valence electrons. The van der Waals surface area contributed by atoms with Crippen LogP contribution in [0.15, 0.2) is 42.5 Å². The molecule has 2 aliphatic heterocycles. The monoisotopic (exact) mass is 425 g/mol. The fourth-order valence-corrected chi connectivity index (χ4v) is 4.64. The topological polar surface area (TPSA) is 74.3 Å². The molecule has 2 amide bonds. The molecule has 0 spiro atoms. The van der Waals surface area contributed by atoms with Crippen molar-refractivity contribution >= 4 is 11.7 Å². The van der Waals surface area contributed by atoms with Crippen LogP contribution in [0, 0.1) is 0 Å². The molecule has 7 nitrogen and oxygen atoms in total. The van der Waals surface area contributed by atoms with E-state index in [1.165, 1.54) is 0 Å². The van der Waals surface area contributed by atoms with Crippen molar-refractivity contribution in [2.24, 2.45) is 0 Å². The van der Waals surface area contributed by atoms with Gasteiger partial charge in [0.1, 0.15) is 0 Å². The first-order valence-corrected chi connectivity index (χ1v) is 10.8. The number of likely N-dealkylation sites (tertiary alicyclic amines) is 1. The van der Waals surface area contributed by atoms with E-state index in [0.717, 1.165) is 42.7 Å². The number of hydrogen-bond donors (Lipinski definition) is 2. The summed E-state index contributed by atoms with van der Waals surface area (Å²) in [5.41, 5.74) is 2.87. The highest BCUT2D eigenvalue weighted by atomic mass is 16.5. The Hall–Kier alpha value is -2.77. The lowest BCUT2D eigenvalue weighted by Crippen LogP contribution is -2.52. The molecule has 0 radical (unpaired) electrons. The van der Waals surface area contributed by atoms with Gasteiger partial charge < -0.3 is 24.8 Å². The van der Waals surface area contributed by atoms with Gasteiger partial charge in [0, 0.05) is 37.4 Å². The van der Waals surface area contributed by atoms with Crippen LogP contribution in [0.4, 0.5) is 10.5 Å². The number of carbonyl (C=O) groups excluding carboxylic acids is 1. The van der Waals surface area contributed by atoms with Crippen LogP contribution < -0.4 is 14.8 Å². The van der Waals surface area contributed by atoms with Crippen LogP contribution in [0.25, 0.3) is 0 Å². The molecule has 1 fully saturated rings. The molecule has 2 N–H and O–H groups in total. The number of para-hydroxylation sites is 1. The second-order valence-corrected chi connectivity index (χ2v) is 8.28. The summed E-state index contributed by atoms with van der Waals surface area (Å²) in [6, 6.07) is 13.6. The second-order valence-electron chi connectivity index (χ2n) is 8.28. The molecule has 7 heteroatoms. The minimum Gasteiger partial charge on any atom is -0.493 e. The molecule has 0 bridgehead atoms. The molecule has 0 aromatic heterocycles. The molecule has 0 saturated carbocycles. The zero-order valence-electron chi connectivity index (χ0n) is 18.4. The van der Waals surface area contributed by atoms with Crippen LogP contribution in [0.2, 0.25) is 0 Å². The smallest absolute Gasteiger partial charge is 0.322 e. The van der Waals surface area contributed by atoms with Gasteiger partial charge >= 0.3 is 6.03 Å². The number of amides is 2. The lowest BCUT2D eigenvalue weighted by atomic mass is 9.96. The largest absolute Gasteiger partial charge is 0.493 e. The molecule has 2 aliphatic rings. The fraction of sp³-hybridized carbons (Fsp3) is 0.458. The first-order valence-electron chi connectivity index (χ1n) is 10.8. The predicted octanol–water partition coefficient (Wildman–Crippen LogP) is 3.64. The quantitative estimate of drug-likeness (QED) is 0.739. The predicted molar refractivity (Wildman–Crippen MR) is 120 cm³/mol. The maximum absolute atomic E-state index is 12.6. The minimum atomic E-state index is -0.637. The van der Waals surface area contributed by atoms with E-state index < -0.39 is 6.10 Å². The Morgan fingerprint density at radius 3 is 2.48 bits per heavy atom. The first-order chi connectivity index (χ1) is 15.0. The number of ether oxygens (including phenoxy) is 2. The molecular formula is C24H31N3O4. The number of aliphatic hydroxyl groups excluding tert-OH is 1. The molecule has 0 unspecified atom stereocenters. The Balaban J connectivity index is 1.38. The van der Waals surface area contributed by atoms with E-state index in [4.69, 9.17) is 9.47 Å². The number of fused-ring (bicyclic) bond motifs is 1. The van der Waals surface area contributed by atoms with Crippen LogP contribution in [-0.4, -0.2) is 60.3 Å². The van der Waals surface area contributed by atoms with Gasteiger partial charge in [-0.15, -0.1) is 0 Å². The summed E-state index contributed by atoms with van der Waals surface area (Å²) in [6.07, 6.45) is 1.14. The van der Waals surface area contributed by atoms with Gasteiger partial charge in [-0.3, -0.25) is 4.90 Å². The van der Waals surface area contributed by atoms with Crippen LogP contribution in [-0.2, 0) is 6.54 Å². The van der Waals surface area contributed by atoms with Gasteiger partial charge in [-0.25, -0.2) is 4.79 Å². The number of benzene rings is 2. The van der Waals surface area contributed by atoms with Crippen molar-refractivity contribution in [3.8, 4) is 11.5 Å². The molecule has 2 heterocycles. The summed E-state index contributed by atoms with van der Waals surface area (Å²) in [5.74, 6) is 1.26. The number of nitrogens with zero attached hydrogens (tertiary/aromatic N) is 2. The zero-order valence-corrected chi connectivity index (χ0v) is 18.4. The maximum atomic E-state index is 12.6. The Morgan fingerprint density at radius 2 is 1.77 bits per heavy atom. The zero-order chi connectivity index (χ0) is 22.0.